The molecule has 0 saturated heterocycles. The smallest absolute Gasteiger partial charge is 0.0463 e. The molecule has 1 aliphatic rings. The zero-order valence-electron chi connectivity index (χ0n) is 10.7. The van der Waals surface area contributed by atoms with Gasteiger partial charge in [-0.25, -0.2) is 0 Å². The lowest BCUT2D eigenvalue weighted by atomic mass is 9.77. The van der Waals surface area contributed by atoms with Crippen LogP contribution in [0, 0.1) is 5.92 Å². The second-order valence-corrected chi connectivity index (χ2v) is 6.10. The van der Waals surface area contributed by atoms with E-state index in [2.05, 4.69) is 43.4 Å². The Hall–Kier alpha value is -0.530. The molecular weight excluding hydrogens is 230 g/mol. The molecular formula is C15H22ClN. The molecule has 0 radical (unpaired) electrons. The van der Waals surface area contributed by atoms with Crippen LogP contribution in [0.15, 0.2) is 24.3 Å². The lowest BCUT2D eigenvalue weighted by Crippen LogP contribution is -2.32. The van der Waals surface area contributed by atoms with Crippen molar-refractivity contribution in [3.8, 4) is 0 Å². The van der Waals surface area contributed by atoms with Crippen molar-refractivity contribution < 1.29 is 0 Å². The van der Waals surface area contributed by atoms with Crippen LogP contribution in [-0.2, 0) is 6.42 Å². The molecule has 17 heavy (non-hydrogen) atoms. The van der Waals surface area contributed by atoms with Crippen molar-refractivity contribution in [3.05, 3.63) is 35.4 Å². The van der Waals surface area contributed by atoms with Crippen LogP contribution >= 0.6 is 11.6 Å². The van der Waals surface area contributed by atoms with Crippen LogP contribution in [0.3, 0.4) is 0 Å². The van der Waals surface area contributed by atoms with Crippen molar-refractivity contribution >= 4 is 11.6 Å². The Balaban J connectivity index is 1.68. The monoisotopic (exact) mass is 251 g/mol. The number of rotatable bonds is 6. The largest absolute Gasteiger partial charge is 0.315 e. The van der Waals surface area contributed by atoms with Crippen molar-refractivity contribution in [2.45, 2.75) is 38.0 Å². The number of halogens is 1. The van der Waals surface area contributed by atoms with Gasteiger partial charge in [0.2, 0.25) is 0 Å². The lowest BCUT2D eigenvalue weighted by Gasteiger charge is -2.30. The average molecular weight is 252 g/mol. The third-order valence-electron chi connectivity index (χ3n) is 3.44. The molecule has 0 bridgehead atoms. The van der Waals surface area contributed by atoms with Gasteiger partial charge >= 0.3 is 0 Å². The van der Waals surface area contributed by atoms with E-state index in [4.69, 9.17) is 11.6 Å². The minimum Gasteiger partial charge on any atom is -0.315 e. The molecule has 1 aromatic rings. The average Bonchev–Trinajstić information content (AvgIpc) is 2.23. The van der Waals surface area contributed by atoms with Gasteiger partial charge in [0.1, 0.15) is 0 Å². The van der Waals surface area contributed by atoms with Gasteiger partial charge in [-0.3, -0.25) is 0 Å². The molecule has 2 atom stereocenters. The lowest BCUT2D eigenvalue weighted by molar-refractivity contribution is 0.498. The summed E-state index contributed by atoms with van der Waals surface area (Å²) >= 11 is 6.26. The van der Waals surface area contributed by atoms with Crippen molar-refractivity contribution in [3.63, 3.8) is 0 Å². The number of hydrogen-bond acceptors (Lipinski definition) is 1. The van der Waals surface area contributed by atoms with Crippen LogP contribution < -0.4 is 5.32 Å². The van der Waals surface area contributed by atoms with E-state index in [-0.39, 0.29) is 5.38 Å². The maximum Gasteiger partial charge on any atom is 0.0463 e. The Bertz CT molecular complexity index is 362. The van der Waals surface area contributed by atoms with Crippen molar-refractivity contribution in [2.75, 3.05) is 13.1 Å². The van der Waals surface area contributed by atoms with Gasteiger partial charge in [0, 0.05) is 24.4 Å². The molecule has 2 unspecified atom stereocenters. The zero-order valence-corrected chi connectivity index (χ0v) is 11.5. The summed E-state index contributed by atoms with van der Waals surface area (Å²) in [5.74, 6) is 1.39. The summed E-state index contributed by atoms with van der Waals surface area (Å²) in [7, 11) is 0. The van der Waals surface area contributed by atoms with Gasteiger partial charge in [-0.05, 0) is 29.9 Å². The van der Waals surface area contributed by atoms with Crippen molar-refractivity contribution in [2.24, 2.45) is 5.92 Å². The van der Waals surface area contributed by atoms with E-state index < -0.39 is 0 Å². The Morgan fingerprint density at radius 2 is 2.12 bits per heavy atom. The summed E-state index contributed by atoms with van der Waals surface area (Å²) in [4.78, 5) is 0. The van der Waals surface area contributed by atoms with E-state index in [0.717, 1.165) is 19.5 Å². The molecule has 0 saturated carbocycles. The quantitative estimate of drug-likeness (QED) is 0.763. The Kier molecular flexibility index (Phi) is 4.47. The van der Waals surface area contributed by atoms with E-state index in [9.17, 15) is 0 Å². The predicted octanol–water partition coefficient (Wildman–Crippen LogP) is 3.57. The van der Waals surface area contributed by atoms with E-state index in [0.29, 0.717) is 11.8 Å². The van der Waals surface area contributed by atoms with E-state index in [1.165, 1.54) is 17.5 Å². The number of hydrogen-bond donors (Lipinski definition) is 1. The highest BCUT2D eigenvalue weighted by Gasteiger charge is 2.24. The molecule has 0 heterocycles. The molecule has 0 fully saturated rings. The summed E-state index contributed by atoms with van der Waals surface area (Å²) in [6.07, 6.45) is 2.32. The molecule has 1 aromatic carbocycles. The maximum absolute atomic E-state index is 6.26. The summed E-state index contributed by atoms with van der Waals surface area (Å²) in [5, 5.41) is 3.77. The van der Waals surface area contributed by atoms with Gasteiger partial charge in [0.15, 0.2) is 0 Å². The fourth-order valence-electron chi connectivity index (χ4n) is 2.55. The Morgan fingerprint density at radius 1 is 1.35 bits per heavy atom. The molecule has 1 nitrogen and oxygen atoms in total. The van der Waals surface area contributed by atoms with Crippen LogP contribution in [0.1, 0.15) is 37.3 Å². The normalized spacial score (nSPS) is 19.9. The molecule has 2 heteroatoms. The topological polar surface area (TPSA) is 12.0 Å². The van der Waals surface area contributed by atoms with Gasteiger partial charge < -0.3 is 5.32 Å². The molecule has 2 rings (SSSR count). The minimum absolute atomic E-state index is 0.269. The molecule has 94 valence electrons. The molecule has 0 spiro atoms. The van der Waals surface area contributed by atoms with Gasteiger partial charge in [0.05, 0.1) is 0 Å². The Labute approximate surface area is 110 Å². The third-order valence-corrected chi connectivity index (χ3v) is 3.78. The number of alkyl halides is 1. The SMILES string of the molecule is CC(C)CC(Cl)CNCC1Cc2ccccc21. The van der Waals surface area contributed by atoms with E-state index in [1.54, 1.807) is 0 Å². The first kappa shape index (κ1) is 12.9. The van der Waals surface area contributed by atoms with E-state index >= 15 is 0 Å². The van der Waals surface area contributed by atoms with Crippen LogP contribution in [-0.4, -0.2) is 18.5 Å². The molecule has 0 aliphatic heterocycles. The minimum atomic E-state index is 0.269. The van der Waals surface area contributed by atoms with Gasteiger partial charge in [0.25, 0.3) is 0 Å². The number of nitrogens with one attached hydrogen (secondary N) is 1. The first-order valence-corrected chi connectivity index (χ1v) is 7.03. The van der Waals surface area contributed by atoms with Gasteiger partial charge in [-0.15, -0.1) is 11.6 Å². The number of fused-ring (bicyclic) bond motifs is 1. The summed E-state index contributed by atoms with van der Waals surface area (Å²) in [5.41, 5.74) is 3.04. The van der Waals surface area contributed by atoms with Crippen molar-refractivity contribution in [1.29, 1.82) is 0 Å². The first-order valence-electron chi connectivity index (χ1n) is 6.59. The van der Waals surface area contributed by atoms with Gasteiger partial charge in [-0.2, -0.15) is 0 Å². The predicted molar refractivity (Wildman–Crippen MR) is 74.9 cm³/mol. The fraction of sp³-hybridized carbons (Fsp3) is 0.600. The highest BCUT2D eigenvalue weighted by Crippen LogP contribution is 2.33. The molecule has 0 aromatic heterocycles. The molecule has 1 N–H and O–H groups in total. The highest BCUT2D eigenvalue weighted by atomic mass is 35.5. The Morgan fingerprint density at radius 3 is 2.82 bits per heavy atom. The summed E-state index contributed by atoms with van der Waals surface area (Å²) < 4.78 is 0. The van der Waals surface area contributed by atoms with Crippen molar-refractivity contribution in [1.82, 2.24) is 5.32 Å². The van der Waals surface area contributed by atoms with Crippen LogP contribution in [0.2, 0.25) is 0 Å². The third kappa shape index (κ3) is 3.46. The van der Waals surface area contributed by atoms with Crippen LogP contribution in [0.5, 0.6) is 0 Å². The first-order chi connectivity index (χ1) is 8.16. The maximum atomic E-state index is 6.26. The van der Waals surface area contributed by atoms with Gasteiger partial charge in [-0.1, -0.05) is 38.1 Å². The van der Waals surface area contributed by atoms with Crippen LogP contribution in [0.4, 0.5) is 0 Å². The second-order valence-electron chi connectivity index (χ2n) is 5.48. The van der Waals surface area contributed by atoms with Crippen LogP contribution in [0.25, 0.3) is 0 Å². The molecule has 1 aliphatic carbocycles. The highest BCUT2D eigenvalue weighted by molar-refractivity contribution is 6.20. The second kappa shape index (κ2) is 5.88. The fourth-order valence-corrected chi connectivity index (χ4v) is 3.02. The standard InChI is InChI=1S/C15H22ClN/c1-11(2)7-14(16)10-17-9-13-8-12-5-3-4-6-15(12)13/h3-6,11,13-14,17H,7-10H2,1-2H3. The van der Waals surface area contributed by atoms with E-state index in [1.807, 2.05) is 0 Å². The number of benzene rings is 1. The molecule has 0 amide bonds. The summed E-state index contributed by atoms with van der Waals surface area (Å²) in [6, 6.07) is 8.74. The zero-order chi connectivity index (χ0) is 12.3. The summed E-state index contributed by atoms with van der Waals surface area (Å²) in [6.45, 7) is 6.44.